The number of hydrogen-bond donors (Lipinski definition) is 1. The number of sulfonamides is 1. The Balaban J connectivity index is 1.58. The monoisotopic (exact) mass is 486 g/mol. The van der Waals surface area contributed by atoms with E-state index in [4.69, 9.17) is 4.74 Å². The van der Waals surface area contributed by atoms with Crippen LogP contribution in [0.3, 0.4) is 0 Å². The molecule has 1 aliphatic rings. The second kappa shape index (κ2) is 10.3. The number of nitrogens with one attached hydrogen (secondary N) is 1. The van der Waals surface area contributed by atoms with Gasteiger partial charge in [0.15, 0.2) is 6.10 Å². The number of rotatable bonds is 6. The van der Waals surface area contributed by atoms with Gasteiger partial charge in [-0.05, 0) is 77.1 Å². The Labute approximate surface area is 202 Å². The fourth-order valence-electron chi connectivity index (χ4n) is 4.55. The van der Waals surface area contributed by atoms with Crippen molar-refractivity contribution in [2.45, 2.75) is 65.4 Å². The second-order valence-corrected chi connectivity index (χ2v) is 11.2. The molecule has 1 N–H and O–H groups in total. The number of esters is 1. The summed E-state index contributed by atoms with van der Waals surface area (Å²) in [7, 11) is -3.65. The van der Waals surface area contributed by atoms with E-state index in [1.807, 2.05) is 65.0 Å². The molecule has 0 spiro atoms. The number of benzene rings is 2. The molecule has 0 bridgehead atoms. The van der Waals surface area contributed by atoms with Crippen LogP contribution >= 0.6 is 0 Å². The van der Waals surface area contributed by atoms with Crippen LogP contribution in [0.2, 0.25) is 0 Å². The highest BCUT2D eigenvalue weighted by atomic mass is 32.2. The Bertz CT molecular complexity index is 1170. The van der Waals surface area contributed by atoms with Crippen molar-refractivity contribution in [1.82, 2.24) is 4.31 Å². The summed E-state index contributed by atoms with van der Waals surface area (Å²) < 4.78 is 33.4. The Hall–Kier alpha value is -2.71. The molecule has 0 radical (unpaired) electrons. The predicted octanol–water partition coefficient (Wildman–Crippen LogP) is 4.20. The maximum atomic E-state index is 13.3. The van der Waals surface area contributed by atoms with Crippen LogP contribution < -0.4 is 5.32 Å². The lowest BCUT2D eigenvalue weighted by molar-refractivity contribution is -0.158. The van der Waals surface area contributed by atoms with E-state index in [9.17, 15) is 18.0 Å². The Morgan fingerprint density at radius 3 is 2.06 bits per heavy atom. The molecule has 8 heteroatoms. The van der Waals surface area contributed by atoms with Crippen LogP contribution in [0.15, 0.2) is 35.2 Å². The summed E-state index contributed by atoms with van der Waals surface area (Å²) in [5.74, 6) is -1.31. The van der Waals surface area contributed by atoms with Gasteiger partial charge >= 0.3 is 5.97 Å². The molecule has 1 fully saturated rings. The number of carbonyl (C=O) groups excluding carboxylic acids is 2. The third-order valence-electron chi connectivity index (χ3n) is 6.29. The summed E-state index contributed by atoms with van der Waals surface area (Å²) in [6.45, 7) is 11.4. The average Bonchev–Trinajstić information content (AvgIpc) is 2.74. The molecule has 2 aromatic carbocycles. The topological polar surface area (TPSA) is 92.8 Å². The smallest absolute Gasteiger partial charge is 0.309 e. The zero-order chi connectivity index (χ0) is 25.2. The predicted molar refractivity (Wildman–Crippen MR) is 132 cm³/mol. The number of ether oxygens (including phenoxy) is 1. The van der Waals surface area contributed by atoms with Gasteiger partial charge in [-0.25, -0.2) is 8.42 Å². The van der Waals surface area contributed by atoms with Gasteiger partial charge in [0.05, 0.1) is 10.8 Å². The fourth-order valence-corrected chi connectivity index (χ4v) is 6.43. The summed E-state index contributed by atoms with van der Waals surface area (Å²) >= 11 is 0. The van der Waals surface area contributed by atoms with Crippen LogP contribution in [0.25, 0.3) is 0 Å². The molecule has 2 aromatic rings. The standard InChI is InChI=1S/C26H34N2O5S/c1-16-7-8-23(18(3)13-16)27-25(29)21(6)33-26(30)22-9-11-28(12-10-22)34(31,32)24-19(4)14-17(2)15-20(24)5/h7-8,13-15,21-22H,9-12H2,1-6H3,(H,27,29). The van der Waals surface area contributed by atoms with Crippen molar-refractivity contribution in [3.05, 3.63) is 58.1 Å². The molecule has 1 heterocycles. The quantitative estimate of drug-likeness (QED) is 0.618. The molecule has 1 unspecified atom stereocenters. The van der Waals surface area contributed by atoms with E-state index < -0.39 is 33.9 Å². The van der Waals surface area contributed by atoms with Gasteiger partial charge in [0.25, 0.3) is 5.91 Å². The summed E-state index contributed by atoms with van der Waals surface area (Å²) in [5, 5.41) is 2.80. The minimum absolute atomic E-state index is 0.234. The molecule has 34 heavy (non-hydrogen) atoms. The molecule has 7 nitrogen and oxygen atoms in total. The normalized spacial score (nSPS) is 16.2. The second-order valence-electron chi connectivity index (χ2n) is 9.29. The number of aryl methyl sites for hydroxylation is 5. The number of carbonyl (C=O) groups is 2. The molecule has 3 rings (SSSR count). The van der Waals surface area contributed by atoms with E-state index in [1.165, 1.54) is 4.31 Å². The highest BCUT2D eigenvalue weighted by Gasteiger charge is 2.35. The van der Waals surface area contributed by atoms with Crippen molar-refractivity contribution in [2.75, 3.05) is 18.4 Å². The van der Waals surface area contributed by atoms with E-state index in [-0.39, 0.29) is 13.1 Å². The maximum absolute atomic E-state index is 13.3. The van der Waals surface area contributed by atoms with Crippen LogP contribution in [-0.4, -0.2) is 43.8 Å². The molecule has 1 amide bonds. The molecular weight excluding hydrogens is 452 g/mol. The summed E-state index contributed by atoms with van der Waals surface area (Å²) in [6.07, 6.45) is -0.242. The van der Waals surface area contributed by atoms with E-state index in [0.717, 1.165) is 27.8 Å². The first-order valence-corrected chi connectivity index (χ1v) is 13.0. The lowest BCUT2D eigenvalue weighted by Gasteiger charge is -2.31. The van der Waals surface area contributed by atoms with Crippen LogP contribution in [0.4, 0.5) is 5.69 Å². The number of anilines is 1. The third kappa shape index (κ3) is 5.67. The van der Waals surface area contributed by atoms with Crippen LogP contribution in [0, 0.1) is 40.5 Å². The zero-order valence-electron chi connectivity index (χ0n) is 20.8. The Kier molecular flexibility index (Phi) is 7.83. The van der Waals surface area contributed by atoms with Gasteiger partial charge in [0.1, 0.15) is 0 Å². The SMILES string of the molecule is Cc1ccc(NC(=O)C(C)OC(=O)C2CCN(S(=O)(=O)c3c(C)cc(C)cc3C)CC2)c(C)c1. The first kappa shape index (κ1) is 25.9. The van der Waals surface area contributed by atoms with Crippen molar-refractivity contribution < 1.29 is 22.7 Å². The first-order chi connectivity index (χ1) is 15.9. The average molecular weight is 487 g/mol. The van der Waals surface area contributed by atoms with Crippen molar-refractivity contribution in [3.8, 4) is 0 Å². The largest absolute Gasteiger partial charge is 0.452 e. The number of piperidine rings is 1. The molecule has 1 saturated heterocycles. The molecule has 1 atom stereocenters. The zero-order valence-corrected chi connectivity index (χ0v) is 21.6. The van der Waals surface area contributed by atoms with Gasteiger partial charge in [-0.3, -0.25) is 9.59 Å². The maximum Gasteiger partial charge on any atom is 0.309 e. The summed E-state index contributed by atoms with van der Waals surface area (Å²) in [6, 6.07) is 9.43. The van der Waals surface area contributed by atoms with Gasteiger partial charge in [0, 0.05) is 18.8 Å². The minimum atomic E-state index is -3.65. The number of hydrogen-bond acceptors (Lipinski definition) is 5. The van der Waals surface area contributed by atoms with Crippen LogP contribution in [0.1, 0.15) is 47.6 Å². The van der Waals surface area contributed by atoms with Crippen molar-refractivity contribution in [2.24, 2.45) is 5.92 Å². The summed E-state index contributed by atoms with van der Waals surface area (Å²) in [4.78, 5) is 25.5. The van der Waals surface area contributed by atoms with E-state index in [0.29, 0.717) is 23.4 Å². The molecule has 184 valence electrons. The van der Waals surface area contributed by atoms with E-state index in [1.54, 1.807) is 6.92 Å². The third-order valence-corrected chi connectivity index (χ3v) is 8.50. The highest BCUT2D eigenvalue weighted by Crippen LogP contribution is 2.29. The van der Waals surface area contributed by atoms with E-state index in [2.05, 4.69) is 5.32 Å². The Morgan fingerprint density at radius 1 is 0.941 bits per heavy atom. The van der Waals surface area contributed by atoms with Gasteiger partial charge in [0.2, 0.25) is 10.0 Å². The van der Waals surface area contributed by atoms with Crippen LogP contribution in [-0.2, 0) is 24.3 Å². The van der Waals surface area contributed by atoms with Gasteiger partial charge in [-0.15, -0.1) is 0 Å². The van der Waals surface area contributed by atoms with Gasteiger partial charge in [-0.1, -0.05) is 35.4 Å². The Morgan fingerprint density at radius 2 is 1.50 bits per heavy atom. The minimum Gasteiger partial charge on any atom is -0.452 e. The van der Waals surface area contributed by atoms with Crippen LogP contribution in [0.5, 0.6) is 0 Å². The number of nitrogens with zero attached hydrogens (tertiary/aromatic N) is 1. The van der Waals surface area contributed by atoms with Gasteiger partial charge in [-0.2, -0.15) is 4.31 Å². The highest BCUT2D eigenvalue weighted by molar-refractivity contribution is 7.89. The first-order valence-electron chi connectivity index (χ1n) is 11.6. The fraction of sp³-hybridized carbons (Fsp3) is 0.462. The lowest BCUT2D eigenvalue weighted by atomic mass is 9.98. The van der Waals surface area contributed by atoms with Crippen molar-refractivity contribution in [3.63, 3.8) is 0 Å². The van der Waals surface area contributed by atoms with Crippen molar-refractivity contribution >= 4 is 27.6 Å². The molecular formula is C26H34N2O5S. The summed E-state index contributed by atoms with van der Waals surface area (Å²) in [5.41, 5.74) is 5.17. The van der Waals surface area contributed by atoms with Crippen molar-refractivity contribution in [1.29, 1.82) is 0 Å². The molecule has 0 aliphatic carbocycles. The lowest BCUT2D eigenvalue weighted by Crippen LogP contribution is -2.42. The molecule has 0 aromatic heterocycles. The molecule has 1 aliphatic heterocycles. The van der Waals surface area contributed by atoms with E-state index >= 15 is 0 Å². The van der Waals surface area contributed by atoms with Gasteiger partial charge < -0.3 is 10.1 Å². The number of amides is 1. The molecule has 0 saturated carbocycles.